The number of thiol groups is 2. The predicted octanol–water partition coefficient (Wildman–Crippen LogP) is 0.788. The second kappa shape index (κ2) is 6.34. The van der Waals surface area contributed by atoms with Crippen LogP contribution in [0.3, 0.4) is 0 Å². The molecule has 102 valence electrons. The Morgan fingerprint density at radius 3 is 2.58 bits per heavy atom. The SMILES string of the molecule is O=C1CC([C@@H](S)[C@@H](S)NC(=O)Cc2ccccc2)N1. The van der Waals surface area contributed by atoms with Crippen molar-refractivity contribution in [2.75, 3.05) is 0 Å². The molecule has 1 aliphatic rings. The fourth-order valence-electron chi connectivity index (χ4n) is 1.89. The number of nitrogens with one attached hydrogen (secondary N) is 2. The molecule has 1 saturated heterocycles. The normalized spacial score (nSPS) is 20.9. The van der Waals surface area contributed by atoms with E-state index in [0.717, 1.165) is 5.56 Å². The quantitative estimate of drug-likeness (QED) is 0.369. The van der Waals surface area contributed by atoms with Crippen LogP contribution in [0.15, 0.2) is 30.3 Å². The standard InChI is InChI=1S/C13H16N2O2S2/c16-10(6-8-4-2-1-3-5-8)15-13(19)12(18)9-7-11(17)14-9/h1-5,9,12-13,18-19H,6-7H2,(H,14,17)(H,15,16)/t9?,12-,13-/m1/s1. The van der Waals surface area contributed by atoms with Crippen LogP contribution in [0.2, 0.25) is 0 Å². The van der Waals surface area contributed by atoms with Gasteiger partial charge in [0.15, 0.2) is 0 Å². The molecule has 0 bridgehead atoms. The Hall–Kier alpha value is -1.14. The summed E-state index contributed by atoms with van der Waals surface area (Å²) in [4.78, 5) is 22.7. The largest absolute Gasteiger partial charge is 0.352 e. The number of hydrogen-bond donors (Lipinski definition) is 4. The highest BCUT2D eigenvalue weighted by atomic mass is 32.1. The van der Waals surface area contributed by atoms with Gasteiger partial charge >= 0.3 is 0 Å². The Balaban J connectivity index is 1.80. The van der Waals surface area contributed by atoms with Crippen molar-refractivity contribution >= 4 is 37.1 Å². The number of carbonyl (C=O) groups excluding carboxylic acids is 2. The van der Waals surface area contributed by atoms with Crippen molar-refractivity contribution in [2.45, 2.75) is 29.5 Å². The van der Waals surface area contributed by atoms with Crippen LogP contribution in [-0.2, 0) is 16.0 Å². The lowest BCUT2D eigenvalue weighted by molar-refractivity contribution is -0.128. The topological polar surface area (TPSA) is 58.2 Å². The Bertz CT molecular complexity index is 459. The molecule has 4 nitrogen and oxygen atoms in total. The second-order valence-electron chi connectivity index (χ2n) is 4.54. The van der Waals surface area contributed by atoms with Gasteiger partial charge in [0, 0.05) is 6.42 Å². The molecule has 0 radical (unpaired) electrons. The first-order valence-electron chi connectivity index (χ1n) is 6.05. The zero-order chi connectivity index (χ0) is 13.8. The van der Waals surface area contributed by atoms with E-state index in [1.165, 1.54) is 0 Å². The lowest BCUT2D eigenvalue weighted by Gasteiger charge is -2.34. The van der Waals surface area contributed by atoms with E-state index in [4.69, 9.17) is 0 Å². The lowest BCUT2D eigenvalue weighted by atomic mass is 10.0. The van der Waals surface area contributed by atoms with Gasteiger partial charge in [0.2, 0.25) is 11.8 Å². The lowest BCUT2D eigenvalue weighted by Crippen LogP contribution is -2.58. The maximum atomic E-state index is 11.8. The van der Waals surface area contributed by atoms with Crippen molar-refractivity contribution in [3.05, 3.63) is 35.9 Å². The van der Waals surface area contributed by atoms with Gasteiger partial charge < -0.3 is 10.6 Å². The van der Waals surface area contributed by atoms with Crippen molar-refractivity contribution in [2.24, 2.45) is 0 Å². The maximum absolute atomic E-state index is 11.8. The van der Waals surface area contributed by atoms with E-state index in [1.807, 2.05) is 30.3 Å². The fraction of sp³-hybridized carbons (Fsp3) is 0.385. The van der Waals surface area contributed by atoms with E-state index in [-0.39, 0.29) is 28.5 Å². The van der Waals surface area contributed by atoms with Gasteiger partial charge in [-0.25, -0.2) is 0 Å². The van der Waals surface area contributed by atoms with Crippen LogP contribution >= 0.6 is 25.3 Å². The molecule has 19 heavy (non-hydrogen) atoms. The summed E-state index contributed by atoms with van der Waals surface area (Å²) in [7, 11) is 0. The predicted molar refractivity (Wildman–Crippen MR) is 80.4 cm³/mol. The summed E-state index contributed by atoms with van der Waals surface area (Å²) in [5, 5.41) is 4.94. The Morgan fingerprint density at radius 2 is 2.00 bits per heavy atom. The van der Waals surface area contributed by atoms with Crippen molar-refractivity contribution in [3.8, 4) is 0 Å². The molecule has 1 unspecified atom stereocenters. The van der Waals surface area contributed by atoms with Crippen molar-refractivity contribution in [1.82, 2.24) is 10.6 Å². The highest BCUT2D eigenvalue weighted by Crippen LogP contribution is 2.19. The first-order valence-corrected chi connectivity index (χ1v) is 7.08. The summed E-state index contributed by atoms with van der Waals surface area (Å²) >= 11 is 8.71. The van der Waals surface area contributed by atoms with E-state index in [9.17, 15) is 9.59 Å². The zero-order valence-electron chi connectivity index (χ0n) is 10.2. The molecule has 0 aromatic heterocycles. The van der Waals surface area contributed by atoms with Crippen LogP contribution in [-0.4, -0.2) is 28.5 Å². The average molecular weight is 296 g/mol. The van der Waals surface area contributed by atoms with Gasteiger partial charge in [0.05, 0.1) is 23.1 Å². The van der Waals surface area contributed by atoms with Gasteiger partial charge in [-0.2, -0.15) is 25.3 Å². The molecule has 2 N–H and O–H groups in total. The second-order valence-corrected chi connectivity index (χ2v) is 5.70. The van der Waals surface area contributed by atoms with Crippen LogP contribution in [0.25, 0.3) is 0 Å². The molecule has 1 fully saturated rings. The zero-order valence-corrected chi connectivity index (χ0v) is 12.0. The smallest absolute Gasteiger partial charge is 0.225 e. The summed E-state index contributed by atoms with van der Waals surface area (Å²) < 4.78 is 0. The van der Waals surface area contributed by atoms with Gasteiger partial charge in [-0.1, -0.05) is 30.3 Å². The number of carbonyl (C=O) groups is 2. The van der Waals surface area contributed by atoms with E-state index in [0.29, 0.717) is 12.8 Å². The first kappa shape index (κ1) is 14.3. The molecule has 0 aliphatic carbocycles. The Kier molecular flexibility index (Phi) is 4.76. The third-order valence-corrected chi connectivity index (χ3v) is 4.35. The number of amides is 2. The molecule has 1 aromatic carbocycles. The highest BCUT2D eigenvalue weighted by molar-refractivity contribution is 7.85. The molecule has 6 heteroatoms. The van der Waals surface area contributed by atoms with Crippen LogP contribution in [0, 0.1) is 0 Å². The van der Waals surface area contributed by atoms with Crippen molar-refractivity contribution in [3.63, 3.8) is 0 Å². The van der Waals surface area contributed by atoms with Crippen molar-refractivity contribution in [1.29, 1.82) is 0 Å². The average Bonchev–Trinajstić information content (AvgIpc) is 2.35. The highest BCUT2D eigenvalue weighted by Gasteiger charge is 2.34. The Morgan fingerprint density at radius 1 is 1.37 bits per heavy atom. The summed E-state index contributed by atoms with van der Waals surface area (Å²) in [6.07, 6.45) is 0.759. The molecule has 1 aromatic rings. The summed E-state index contributed by atoms with van der Waals surface area (Å²) in [5.41, 5.74) is 0.952. The molecule has 0 spiro atoms. The van der Waals surface area contributed by atoms with E-state index in [2.05, 4.69) is 35.9 Å². The maximum Gasteiger partial charge on any atom is 0.225 e. The minimum absolute atomic E-state index is 0.0141. The van der Waals surface area contributed by atoms with Gasteiger partial charge in [-0.3, -0.25) is 9.59 Å². The molecule has 1 heterocycles. The van der Waals surface area contributed by atoms with Gasteiger partial charge in [-0.05, 0) is 5.56 Å². The van der Waals surface area contributed by atoms with E-state index < -0.39 is 0 Å². The fourth-order valence-corrected chi connectivity index (χ4v) is 2.50. The summed E-state index contributed by atoms with van der Waals surface area (Å²) in [6.45, 7) is 0. The molecule has 2 amide bonds. The van der Waals surface area contributed by atoms with Crippen LogP contribution in [0.4, 0.5) is 0 Å². The number of benzene rings is 1. The minimum Gasteiger partial charge on any atom is -0.352 e. The van der Waals surface area contributed by atoms with E-state index >= 15 is 0 Å². The monoisotopic (exact) mass is 296 g/mol. The van der Waals surface area contributed by atoms with E-state index in [1.54, 1.807) is 0 Å². The molecular weight excluding hydrogens is 280 g/mol. The number of β-lactam (4-membered cyclic amide) rings is 1. The van der Waals surface area contributed by atoms with Gasteiger partial charge in [-0.15, -0.1) is 0 Å². The van der Waals surface area contributed by atoms with Gasteiger partial charge in [0.1, 0.15) is 0 Å². The van der Waals surface area contributed by atoms with Crippen LogP contribution in [0.1, 0.15) is 12.0 Å². The number of hydrogen-bond acceptors (Lipinski definition) is 4. The minimum atomic E-state index is -0.384. The third kappa shape index (κ3) is 3.91. The number of rotatable bonds is 5. The van der Waals surface area contributed by atoms with Crippen LogP contribution in [0.5, 0.6) is 0 Å². The van der Waals surface area contributed by atoms with Gasteiger partial charge in [0.25, 0.3) is 0 Å². The van der Waals surface area contributed by atoms with Crippen LogP contribution < -0.4 is 10.6 Å². The molecule has 1 aliphatic heterocycles. The Labute approximate surface area is 123 Å². The van der Waals surface area contributed by atoms with Crippen molar-refractivity contribution < 1.29 is 9.59 Å². The molecular formula is C13H16N2O2S2. The molecule has 3 atom stereocenters. The summed E-state index contributed by atoms with van der Waals surface area (Å²) in [6, 6.07) is 9.48. The summed E-state index contributed by atoms with van der Waals surface area (Å²) in [5.74, 6) is -0.0869. The molecule has 2 rings (SSSR count). The first-order chi connectivity index (χ1) is 9.06. The molecule has 0 saturated carbocycles. The third-order valence-electron chi connectivity index (χ3n) is 3.00.